The number of rotatable bonds is 1. The van der Waals surface area contributed by atoms with E-state index in [9.17, 15) is 0 Å². The van der Waals surface area contributed by atoms with Crippen LogP contribution in [-0.2, 0) is 0 Å². The molecule has 0 bridgehead atoms. The Morgan fingerprint density at radius 1 is 1.21 bits per heavy atom. The predicted octanol–water partition coefficient (Wildman–Crippen LogP) is 3.74. The molecule has 2 aromatic rings. The molecule has 0 aliphatic carbocycles. The number of aromatic nitrogens is 1. The normalized spacial score (nSPS) is 10.5. The topological polar surface area (TPSA) is 12.9 Å². The van der Waals surface area contributed by atoms with Crippen LogP contribution in [0.15, 0.2) is 23.7 Å². The van der Waals surface area contributed by atoms with Crippen LogP contribution in [0.1, 0.15) is 16.1 Å². The van der Waals surface area contributed by atoms with Crippen molar-refractivity contribution in [3.63, 3.8) is 0 Å². The molecule has 0 aliphatic heterocycles. The molecule has 14 heavy (non-hydrogen) atoms. The fraction of sp³-hybridized carbons (Fsp3) is 0.250. The van der Waals surface area contributed by atoms with Gasteiger partial charge in [0.25, 0.3) is 0 Å². The molecule has 72 valence electrons. The highest BCUT2D eigenvalue weighted by Gasteiger charge is 2.05. The van der Waals surface area contributed by atoms with Crippen LogP contribution in [0.4, 0.5) is 0 Å². The lowest BCUT2D eigenvalue weighted by molar-refractivity contribution is 1.20. The van der Waals surface area contributed by atoms with E-state index in [-0.39, 0.29) is 0 Å². The number of pyridine rings is 1. The van der Waals surface area contributed by atoms with Gasteiger partial charge in [-0.25, -0.2) is 0 Å². The van der Waals surface area contributed by atoms with Gasteiger partial charge >= 0.3 is 0 Å². The van der Waals surface area contributed by atoms with E-state index in [1.807, 2.05) is 24.5 Å². The molecule has 1 nitrogen and oxygen atoms in total. The van der Waals surface area contributed by atoms with Gasteiger partial charge in [-0.1, -0.05) is 0 Å². The summed E-state index contributed by atoms with van der Waals surface area (Å²) < 4.78 is 0. The van der Waals surface area contributed by atoms with Crippen molar-refractivity contribution in [2.45, 2.75) is 20.8 Å². The Balaban J connectivity index is 2.55. The molecular weight excluding hydrogens is 190 g/mol. The van der Waals surface area contributed by atoms with Gasteiger partial charge in [0.2, 0.25) is 0 Å². The highest BCUT2D eigenvalue weighted by molar-refractivity contribution is 7.10. The number of hydrogen-bond donors (Lipinski definition) is 0. The van der Waals surface area contributed by atoms with Crippen LogP contribution in [0.3, 0.4) is 0 Å². The molecular formula is C12H13NS. The summed E-state index contributed by atoms with van der Waals surface area (Å²) in [6.07, 6.45) is 1.87. The molecule has 0 aliphatic rings. The summed E-state index contributed by atoms with van der Waals surface area (Å²) in [5.41, 5.74) is 5.09. The zero-order valence-electron chi connectivity index (χ0n) is 8.66. The third-order valence-corrected chi connectivity index (χ3v) is 3.51. The maximum atomic E-state index is 4.21. The molecule has 2 aromatic heterocycles. The summed E-state index contributed by atoms with van der Waals surface area (Å²) in [6.45, 7) is 6.37. The first-order valence-electron chi connectivity index (χ1n) is 4.66. The number of nitrogens with zero attached hydrogens (tertiary/aromatic N) is 1. The van der Waals surface area contributed by atoms with E-state index in [0.29, 0.717) is 0 Å². The highest BCUT2D eigenvalue weighted by Crippen LogP contribution is 2.30. The molecule has 2 heteroatoms. The summed E-state index contributed by atoms with van der Waals surface area (Å²) in [7, 11) is 0. The van der Waals surface area contributed by atoms with E-state index in [2.05, 4.69) is 36.3 Å². The highest BCUT2D eigenvalue weighted by atomic mass is 32.1. The van der Waals surface area contributed by atoms with Crippen molar-refractivity contribution >= 4 is 11.3 Å². The van der Waals surface area contributed by atoms with Crippen molar-refractivity contribution in [1.29, 1.82) is 0 Å². The minimum absolute atomic E-state index is 1.07. The Hall–Kier alpha value is -1.15. The average Bonchev–Trinajstić information content (AvgIpc) is 2.48. The summed E-state index contributed by atoms with van der Waals surface area (Å²) in [5, 5.41) is 2.22. The fourth-order valence-electron chi connectivity index (χ4n) is 1.51. The average molecular weight is 203 g/mol. The van der Waals surface area contributed by atoms with Gasteiger partial charge in [-0.3, -0.25) is 4.98 Å². The Labute approximate surface area is 88.4 Å². The maximum absolute atomic E-state index is 4.21. The van der Waals surface area contributed by atoms with Gasteiger partial charge in [-0.05, 0) is 55.0 Å². The van der Waals surface area contributed by atoms with Crippen molar-refractivity contribution in [2.24, 2.45) is 0 Å². The Bertz CT molecular complexity index is 457. The zero-order valence-corrected chi connectivity index (χ0v) is 9.48. The summed E-state index contributed by atoms with van der Waals surface area (Å²) >= 11 is 1.81. The molecule has 0 atom stereocenters. The number of hydrogen-bond acceptors (Lipinski definition) is 2. The van der Waals surface area contributed by atoms with Crippen molar-refractivity contribution in [3.05, 3.63) is 39.8 Å². The second kappa shape index (κ2) is 3.54. The first kappa shape index (κ1) is 9.41. The minimum atomic E-state index is 1.07. The van der Waals surface area contributed by atoms with E-state index in [1.165, 1.54) is 21.6 Å². The lowest BCUT2D eigenvalue weighted by atomic mass is 10.0. The molecule has 2 rings (SSSR count). The zero-order chi connectivity index (χ0) is 10.1. The van der Waals surface area contributed by atoms with E-state index in [0.717, 1.165) is 5.69 Å². The monoisotopic (exact) mass is 203 g/mol. The van der Waals surface area contributed by atoms with Crippen LogP contribution in [0.25, 0.3) is 11.1 Å². The lowest BCUT2D eigenvalue weighted by Crippen LogP contribution is -1.83. The summed E-state index contributed by atoms with van der Waals surface area (Å²) in [4.78, 5) is 5.60. The van der Waals surface area contributed by atoms with E-state index in [1.54, 1.807) is 0 Å². The largest absolute Gasteiger partial charge is 0.262 e. The van der Waals surface area contributed by atoms with Crippen molar-refractivity contribution < 1.29 is 0 Å². The van der Waals surface area contributed by atoms with E-state index < -0.39 is 0 Å². The van der Waals surface area contributed by atoms with Crippen LogP contribution < -0.4 is 0 Å². The van der Waals surface area contributed by atoms with Crippen LogP contribution >= 0.6 is 11.3 Å². The molecule has 0 saturated carbocycles. The first-order chi connectivity index (χ1) is 6.68. The Morgan fingerprint density at radius 3 is 2.57 bits per heavy atom. The van der Waals surface area contributed by atoms with Gasteiger partial charge in [0.1, 0.15) is 0 Å². The molecule has 0 saturated heterocycles. The van der Waals surface area contributed by atoms with Gasteiger partial charge in [0.15, 0.2) is 0 Å². The molecule has 0 spiro atoms. The molecule has 0 N–H and O–H groups in total. The quantitative estimate of drug-likeness (QED) is 0.688. The van der Waals surface area contributed by atoms with Gasteiger partial charge in [0, 0.05) is 16.8 Å². The smallest absolute Gasteiger partial charge is 0.0378 e. The Kier molecular flexibility index (Phi) is 2.38. The van der Waals surface area contributed by atoms with Crippen molar-refractivity contribution in [1.82, 2.24) is 4.98 Å². The SMILES string of the molecule is Cc1cc(-c2csc(C)c2C)ccn1. The molecule has 0 amide bonds. The maximum Gasteiger partial charge on any atom is 0.0378 e. The van der Waals surface area contributed by atoms with Gasteiger partial charge in [-0.2, -0.15) is 0 Å². The molecule has 2 heterocycles. The molecule has 0 radical (unpaired) electrons. The third-order valence-electron chi connectivity index (χ3n) is 2.49. The number of thiophene rings is 1. The van der Waals surface area contributed by atoms with Gasteiger partial charge < -0.3 is 0 Å². The van der Waals surface area contributed by atoms with Gasteiger partial charge in [0.05, 0.1) is 0 Å². The number of aryl methyl sites for hydroxylation is 2. The third kappa shape index (κ3) is 1.58. The molecule has 0 aromatic carbocycles. The van der Waals surface area contributed by atoms with Crippen molar-refractivity contribution in [3.8, 4) is 11.1 Å². The minimum Gasteiger partial charge on any atom is -0.262 e. The predicted molar refractivity (Wildman–Crippen MR) is 61.8 cm³/mol. The molecule has 0 unspecified atom stereocenters. The first-order valence-corrected chi connectivity index (χ1v) is 5.54. The molecule has 0 fully saturated rings. The Morgan fingerprint density at radius 2 is 2.00 bits per heavy atom. The standard InChI is InChI=1S/C12H13NS/c1-8-6-11(4-5-13-8)12-7-14-10(3)9(12)2/h4-7H,1-3H3. The van der Waals surface area contributed by atoms with Crippen LogP contribution in [0, 0.1) is 20.8 Å². The summed E-state index contributed by atoms with van der Waals surface area (Å²) in [6, 6.07) is 4.20. The van der Waals surface area contributed by atoms with Crippen LogP contribution in [0.2, 0.25) is 0 Å². The summed E-state index contributed by atoms with van der Waals surface area (Å²) in [5.74, 6) is 0. The second-order valence-electron chi connectivity index (χ2n) is 3.52. The van der Waals surface area contributed by atoms with E-state index in [4.69, 9.17) is 0 Å². The van der Waals surface area contributed by atoms with Gasteiger partial charge in [-0.15, -0.1) is 11.3 Å². The van der Waals surface area contributed by atoms with E-state index >= 15 is 0 Å². The van der Waals surface area contributed by atoms with Crippen LogP contribution in [-0.4, -0.2) is 4.98 Å². The van der Waals surface area contributed by atoms with Crippen molar-refractivity contribution in [2.75, 3.05) is 0 Å². The second-order valence-corrected chi connectivity index (χ2v) is 4.60. The lowest BCUT2D eigenvalue weighted by Gasteiger charge is -2.01. The fourth-order valence-corrected chi connectivity index (χ4v) is 2.41. The van der Waals surface area contributed by atoms with Crippen LogP contribution in [0.5, 0.6) is 0 Å².